The fourth-order valence-corrected chi connectivity index (χ4v) is 5.04. The van der Waals surface area contributed by atoms with Crippen LogP contribution in [0.1, 0.15) is 68.6 Å². The molecule has 0 aliphatic rings. The van der Waals surface area contributed by atoms with E-state index in [2.05, 4.69) is 33.8 Å². The molecule has 4 aromatic rings. The monoisotopic (exact) mass is 520 g/mol. The molecule has 2 aromatic carbocycles. The first-order valence-electron chi connectivity index (χ1n) is 12.7. The standard InChI is InChI=1S/C29H33FN4O2S/c1-19(2)29-32-27(36-33-29)11-6-5-7-16-34(28(35)15-12-20(3)30)24-10-8-9-22(17-24)23-13-14-25-26(18-23)37-21(4)31-25/h8-10,13-14,17-19H,3,5-7,11-12,15-16H2,1-2,4H3. The van der Waals surface area contributed by atoms with Crippen molar-refractivity contribution in [3.63, 3.8) is 0 Å². The number of fused-ring (bicyclic) bond motifs is 1. The minimum Gasteiger partial charge on any atom is -0.339 e. The van der Waals surface area contributed by atoms with Crippen molar-refractivity contribution in [3.05, 3.63) is 71.6 Å². The highest BCUT2D eigenvalue weighted by atomic mass is 32.1. The zero-order valence-electron chi connectivity index (χ0n) is 21.7. The van der Waals surface area contributed by atoms with E-state index in [1.165, 1.54) is 0 Å². The molecule has 0 saturated carbocycles. The van der Waals surface area contributed by atoms with Crippen LogP contribution in [0.25, 0.3) is 21.3 Å². The quantitative estimate of drug-likeness (QED) is 0.178. The van der Waals surface area contributed by atoms with Gasteiger partial charge in [-0.1, -0.05) is 50.2 Å². The molecule has 2 aromatic heterocycles. The molecule has 6 nitrogen and oxygen atoms in total. The van der Waals surface area contributed by atoms with E-state index >= 15 is 0 Å². The molecule has 0 N–H and O–H groups in total. The predicted octanol–water partition coefficient (Wildman–Crippen LogP) is 7.79. The second-order valence-electron chi connectivity index (χ2n) is 9.54. The number of thiazole rings is 1. The summed E-state index contributed by atoms with van der Waals surface area (Å²) in [5, 5.41) is 5.05. The zero-order chi connectivity index (χ0) is 26.4. The van der Waals surface area contributed by atoms with Crippen LogP contribution in [0.15, 0.2) is 59.4 Å². The summed E-state index contributed by atoms with van der Waals surface area (Å²) >= 11 is 1.67. The van der Waals surface area contributed by atoms with E-state index in [1.807, 2.05) is 51.1 Å². The van der Waals surface area contributed by atoms with Gasteiger partial charge in [-0.15, -0.1) is 11.3 Å². The van der Waals surface area contributed by atoms with Crippen LogP contribution in [0.2, 0.25) is 0 Å². The van der Waals surface area contributed by atoms with E-state index in [9.17, 15) is 9.18 Å². The van der Waals surface area contributed by atoms with E-state index in [4.69, 9.17) is 4.52 Å². The summed E-state index contributed by atoms with van der Waals surface area (Å²) in [5.74, 6) is 1.03. The molecular formula is C29H33FN4O2S. The fourth-order valence-electron chi connectivity index (χ4n) is 4.18. The highest BCUT2D eigenvalue weighted by Crippen LogP contribution is 2.30. The molecule has 37 heavy (non-hydrogen) atoms. The number of hydrogen-bond donors (Lipinski definition) is 0. The largest absolute Gasteiger partial charge is 0.339 e. The van der Waals surface area contributed by atoms with Crippen molar-refractivity contribution in [1.29, 1.82) is 0 Å². The maximum Gasteiger partial charge on any atom is 0.227 e. The van der Waals surface area contributed by atoms with Crippen molar-refractivity contribution >= 4 is 33.1 Å². The summed E-state index contributed by atoms with van der Waals surface area (Å²) in [6.45, 7) is 9.93. The molecule has 0 bridgehead atoms. The molecule has 2 heterocycles. The summed E-state index contributed by atoms with van der Waals surface area (Å²) < 4.78 is 19.8. The van der Waals surface area contributed by atoms with Crippen LogP contribution in [0.5, 0.6) is 0 Å². The molecule has 0 saturated heterocycles. The Kier molecular flexibility index (Phi) is 8.82. The molecule has 0 aliphatic carbocycles. The topological polar surface area (TPSA) is 72.1 Å². The number of carbonyl (C=O) groups excluding carboxylic acids is 1. The van der Waals surface area contributed by atoms with Gasteiger partial charge in [0.15, 0.2) is 5.82 Å². The van der Waals surface area contributed by atoms with Gasteiger partial charge in [-0.3, -0.25) is 4.79 Å². The Balaban J connectivity index is 1.45. The van der Waals surface area contributed by atoms with Crippen molar-refractivity contribution < 1.29 is 13.7 Å². The van der Waals surface area contributed by atoms with Crippen molar-refractivity contribution in [3.8, 4) is 11.1 Å². The first kappa shape index (κ1) is 26.7. The van der Waals surface area contributed by atoms with Crippen LogP contribution in [-0.2, 0) is 11.2 Å². The lowest BCUT2D eigenvalue weighted by atomic mass is 10.0. The number of halogens is 1. The third-order valence-electron chi connectivity index (χ3n) is 6.17. The van der Waals surface area contributed by atoms with E-state index < -0.39 is 5.83 Å². The molecular weight excluding hydrogens is 487 g/mol. The lowest BCUT2D eigenvalue weighted by Crippen LogP contribution is -2.31. The van der Waals surface area contributed by atoms with Crippen LogP contribution in [0, 0.1) is 6.92 Å². The van der Waals surface area contributed by atoms with Crippen molar-refractivity contribution in [2.24, 2.45) is 0 Å². The maximum atomic E-state index is 13.3. The van der Waals surface area contributed by atoms with Gasteiger partial charge in [-0.2, -0.15) is 4.98 Å². The molecule has 0 atom stereocenters. The summed E-state index contributed by atoms with van der Waals surface area (Å²) in [6, 6.07) is 14.2. The lowest BCUT2D eigenvalue weighted by Gasteiger charge is -2.23. The number of hydrogen-bond acceptors (Lipinski definition) is 6. The van der Waals surface area contributed by atoms with E-state index in [1.54, 1.807) is 16.2 Å². The normalized spacial score (nSPS) is 11.4. The van der Waals surface area contributed by atoms with E-state index in [0.717, 1.165) is 57.1 Å². The van der Waals surface area contributed by atoms with Gasteiger partial charge in [0.25, 0.3) is 0 Å². The molecule has 0 spiro atoms. The van der Waals surface area contributed by atoms with E-state index in [0.29, 0.717) is 18.9 Å². The number of aryl methyl sites for hydroxylation is 2. The fraction of sp³-hybridized carbons (Fsp3) is 0.379. The number of benzene rings is 2. The highest BCUT2D eigenvalue weighted by Gasteiger charge is 2.17. The second-order valence-corrected chi connectivity index (χ2v) is 10.8. The average Bonchev–Trinajstić information content (AvgIpc) is 3.50. The minimum absolute atomic E-state index is 0.0335. The molecule has 0 unspecified atom stereocenters. The number of carbonyl (C=O) groups is 1. The van der Waals surface area contributed by atoms with Gasteiger partial charge in [0.05, 0.1) is 21.1 Å². The van der Waals surface area contributed by atoms with Crippen LogP contribution >= 0.6 is 11.3 Å². The van der Waals surface area contributed by atoms with Crippen molar-refractivity contribution in [1.82, 2.24) is 15.1 Å². The van der Waals surface area contributed by atoms with Gasteiger partial charge in [0.1, 0.15) is 0 Å². The number of unbranched alkanes of at least 4 members (excludes halogenated alkanes) is 2. The molecule has 0 aliphatic heterocycles. The number of amides is 1. The Morgan fingerprint density at radius 2 is 1.89 bits per heavy atom. The Morgan fingerprint density at radius 1 is 1.08 bits per heavy atom. The van der Waals surface area contributed by atoms with Crippen LogP contribution < -0.4 is 4.90 Å². The highest BCUT2D eigenvalue weighted by molar-refractivity contribution is 7.18. The maximum absolute atomic E-state index is 13.3. The molecule has 4 rings (SSSR count). The minimum atomic E-state index is -0.476. The van der Waals surface area contributed by atoms with Gasteiger partial charge in [0, 0.05) is 37.4 Å². The molecule has 194 valence electrons. The molecule has 8 heteroatoms. The Hall–Kier alpha value is -3.39. The number of aromatic nitrogens is 3. The number of anilines is 1. The van der Waals surface area contributed by atoms with E-state index in [-0.39, 0.29) is 24.7 Å². The summed E-state index contributed by atoms with van der Waals surface area (Å²) in [5.41, 5.74) is 3.90. The predicted molar refractivity (Wildman–Crippen MR) is 148 cm³/mol. The number of nitrogens with zero attached hydrogens (tertiary/aromatic N) is 4. The second kappa shape index (κ2) is 12.2. The van der Waals surface area contributed by atoms with Crippen molar-refractivity contribution in [2.75, 3.05) is 11.4 Å². The van der Waals surface area contributed by atoms with Crippen LogP contribution in [-0.4, -0.2) is 27.6 Å². The number of rotatable bonds is 12. The third kappa shape index (κ3) is 7.10. The average molecular weight is 521 g/mol. The summed E-state index contributed by atoms with van der Waals surface area (Å²) in [4.78, 5) is 23.8. The first-order valence-corrected chi connectivity index (χ1v) is 13.6. The van der Waals surface area contributed by atoms with Crippen molar-refractivity contribution in [2.45, 2.75) is 65.2 Å². The van der Waals surface area contributed by atoms with Crippen LogP contribution in [0.3, 0.4) is 0 Å². The lowest BCUT2D eigenvalue weighted by molar-refractivity contribution is -0.118. The van der Waals surface area contributed by atoms with Gasteiger partial charge >= 0.3 is 0 Å². The molecule has 1 amide bonds. The van der Waals surface area contributed by atoms with Gasteiger partial charge in [-0.05, 0) is 55.2 Å². The number of allylic oxidation sites excluding steroid dienone is 1. The van der Waals surface area contributed by atoms with Gasteiger partial charge in [-0.25, -0.2) is 9.37 Å². The third-order valence-corrected chi connectivity index (χ3v) is 7.10. The molecule has 0 radical (unpaired) electrons. The SMILES string of the molecule is C=C(F)CCC(=O)N(CCCCCc1nc(C(C)C)no1)c1cccc(-c2ccc3nc(C)sc3c2)c1. The smallest absolute Gasteiger partial charge is 0.227 e. The first-order chi connectivity index (χ1) is 17.8. The zero-order valence-corrected chi connectivity index (χ0v) is 22.5. The summed E-state index contributed by atoms with van der Waals surface area (Å²) in [7, 11) is 0. The summed E-state index contributed by atoms with van der Waals surface area (Å²) in [6.07, 6.45) is 3.43. The van der Waals surface area contributed by atoms with Crippen LogP contribution in [0.4, 0.5) is 10.1 Å². The molecule has 0 fully saturated rings. The Bertz CT molecular complexity index is 1380. The Morgan fingerprint density at radius 3 is 2.65 bits per heavy atom. The Labute approximate surface area is 221 Å². The van der Waals surface area contributed by atoms with Gasteiger partial charge in [0.2, 0.25) is 11.8 Å². The van der Waals surface area contributed by atoms with Gasteiger partial charge < -0.3 is 9.42 Å².